The number of nitrogens with zero attached hydrogens (tertiary/aromatic N) is 3. The van der Waals surface area contributed by atoms with Crippen molar-refractivity contribution in [1.82, 2.24) is 9.76 Å². The molecule has 0 aromatic rings. The molecule has 1 atom stereocenters. The van der Waals surface area contributed by atoms with Crippen LogP contribution in [0.25, 0.3) is 0 Å². The van der Waals surface area contributed by atoms with Crippen molar-refractivity contribution in [1.29, 1.82) is 0 Å². The number of rotatable bonds is 3. The average Bonchev–Trinajstić information content (AvgIpc) is 2.28. The highest BCUT2D eigenvalue weighted by Gasteiger charge is 2.33. The molecule has 0 spiro atoms. The molecule has 0 aromatic carbocycles. The number of nitrogens with one attached hydrogen (secondary N) is 1. The third kappa shape index (κ3) is 4.42. The largest absolute Gasteiger partial charge is 0.252 e. The van der Waals surface area contributed by atoms with E-state index in [2.05, 4.69) is 51.4 Å². The van der Waals surface area contributed by atoms with Gasteiger partial charge in [-0.25, -0.2) is 9.42 Å². The van der Waals surface area contributed by atoms with Crippen LogP contribution in [-0.2, 0) is 0 Å². The van der Waals surface area contributed by atoms with E-state index in [1.165, 1.54) is 18.7 Å². The lowest BCUT2D eigenvalue weighted by atomic mass is 10.1. The average molecular weight is 291 g/mol. The lowest BCUT2D eigenvalue weighted by molar-refractivity contribution is 0.468. The molecule has 1 unspecified atom stereocenters. The fourth-order valence-corrected chi connectivity index (χ4v) is 7.98. The van der Waals surface area contributed by atoms with Crippen LogP contribution in [0.15, 0.2) is 9.26 Å². The summed E-state index contributed by atoms with van der Waals surface area (Å²) in [6.07, 6.45) is 3.54. The normalized spacial score (nSPS) is 25.9. The Labute approximate surface area is 114 Å². The molecule has 1 heterocycles. The maximum Gasteiger partial charge on any atom is 0.252 e. The maximum absolute atomic E-state index is 5.19. The fourth-order valence-electron chi connectivity index (χ4n) is 1.97. The summed E-state index contributed by atoms with van der Waals surface area (Å²) >= 11 is 0. The third-order valence-electron chi connectivity index (χ3n) is 2.88. The van der Waals surface area contributed by atoms with E-state index >= 15 is 0 Å². The number of hydrogen-bond acceptors (Lipinski definition) is 1. The molecule has 6 heteroatoms. The molecular weight excluding hydrogens is 262 g/mol. The van der Waals surface area contributed by atoms with Gasteiger partial charge in [-0.1, -0.05) is 0 Å². The zero-order valence-corrected chi connectivity index (χ0v) is 14.6. The Morgan fingerprint density at radius 1 is 1.28 bits per heavy atom. The highest BCUT2D eigenvalue weighted by molar-refractivity contribution is 7.67. The van der Waals surface area contributed by atoms with Crippen LogP contribution in [-0.4, -0.2) is 42.7 Å². The summed E-state index contributed by atoms with van der Waals surface area (Å²) in [5.74, 6) is 0. The summed E-state index contributed by atoms with van der Waals surface area (Å²) in [7, 11) is 0.117. The minimum atomic E-state index is -1.83. The van der Waals surface area contributed by atoms with Crippen molar-refractivity contribution in [3.05, 3.63) is 0 Å². The summed E-state index contributed by atoms with van der Waals surface area (Å²) in [6.45, 7) is 13.2. The van der Waals surface area contributed by atoms with Crippen LogP contribution in [0.3, 0.4) is 0 Å². The van der Waals surface area contributed by atoms with Crippen molar-refractivity contribution in [2.45, 2.75) is 46.6 Å². The first-order valence-electron chi connectivity index (χ1n) is 6.91. The van der Waals surface area contributed by atoms with Gasteiger partial charge in [0.1, 0.15) is 12.3 Å². The highest BCUT2D eigenvalue weighted by atomic mass is 31.2. The molecule has 106 valence electrons. The molecule has 0 radical (unpaired) electrons. The van der Waals surface area contributed by atoms with Crippen LogP contribution in [0.1, 0.15) is 41.0 Å². The molecular formula is C12H29N4P2+. The molecule has 1 aliphatic heterocycles. The second-order valence-electron chi connectivity index (χ2n) is 5.71. The molecule has 1 rings (SSSR count). The van der Waals surface area contributed by atoms with E-state index in [4.69, 9.17) is 9.26 Å². The Morgan fingerprint density at radius 3 is 2.33 bits per heavy atom. The van der Waals surface area contributed by atoms with Crippen molar-refractivity contribution in [3.8, 4) is 0 Å². The van der Waals surface area contributed by atoms with Gasteiger partial charge in [0.2, 0.25) is 7.71 Å². The topological polar surface area (TPSA) is 40.0 Å². The van der Waals surface area contributed by atoms with Crippen LogP contribution in [0, 0.1) is 0 Å². The van der Waals surface area contributed by atoms with Gasteiger partial charge in [0, 0.05) is 13.1 Å². The minimum absolute atomic E-state index is 0.0294. The minimum Gasteiger partial charge on any atom is -0.251 e. The van der Waals surface area contributed by atoms with Crippen molar-refractivity contribution >= 4 is 15.2 Å². The van der Waals surface area contributed by atoms with E-state index in [9.17, 15) is 0 Å². The molecule has 0 bridgehead atoms. The van der Waals surface area contributed by atoms with Crippen LogP contribution in [0.5, 0.6) is 0 Å². The van der Waals surface area contributed by atoms with Gasteiger partial charge in [-0.05, 0) is 52.6 Å². The van der Waals surface area contributed by atoms with Gasteiger partial charge in [0.05, 0.1) is 5.54 Å². The fraction of sp³-hybridized carbons (Fsp3) is 1.00. The summed E-state index contributed by atoms with van der Waals surface area (Å²) < 4.78 is 12.7. The summed E-state index contributed by atoms with van der Waals surface area (Å²) in [4.78, 5) is 0. The first-order chi connectivity index (χ1) is 8.33. The molecule has 1 fully saturated rings. The first kappa shape index (κ1) is 16.3. The van der Waals surface area contributed by atoms with Crippen molar-refractivity contribution in [2.75, 3.05) is 32.5 Å². The molecule has 0 saturated carbocycles. The Bertz CT molecular complexity index is 352. The smallest absolute Gasteiger partial charge is 0.251 e. The predicted octanol–water partition coefficient (Wildman–Crippen LogP) is 4.36. The first-order valence-corrected chi connectivity index (χ1v) is 10.2. The second kappa shape index (κ2) is 6.61. The van der Waals surface area contributed by atoms with Crippen molar-refractivity contribution in [2.24, 2.45) is 9.26 Å². The van der Waals surface area contributed by atoms with Gasteiger partial charge < -0.3 is 0 Å². The molecule has 0 amide bonds. The number of hydrogen-bond donors (Lipinski definition) is 1. The Hall–Kier alpha value is 0.250. The lowest BCUT2D eigenvalue weighted by Crippen LogP contribution is -2.33. The molecule has 1 saturated heterocycles. The molecule has 0 aromatic heterocycles. The van der Waals surface area contributed by atoms with Gasteiger partial charge in [0.15, 0.2) is 0 Å². The van der Waals surface area contributed by atoms with E-state index in [-0.39, 0.29) is 13.3 Å². The second-order valence-corrected chi connectivity index (χ2v) is 11.0. The van der Waals surface area contributed by atoms with Crippen molar-refractivity contribution in [3.63, 3.8) is 0 Å². The van der Waals surface area contributed by atoms with Crippen LogP contribution >= 0.6 is 15.2 Å². The van der Waals surface area contributed by atoms with E-state index in [1.54, 1.807) is 0 Å². The maximum atomic E-state index is 5.19. The van der Waals surface area contributed by atoms with Gasteiger partial charge in [-0.3, -0.25) is 5.09 Å². The summed E-state index contributed by atoms with van der Waals surface area (Å²) in [5, 5.41) is 3.66. The van der Waals surface area contributed by atoms with Gasteiger partial charge in [-0.2, -0.15) is 0 Å². The Morgan fingerprint density at radius 2 is 1.89 bits per heavy atom. The van der Waals surface area contributed by atoms with Gasteiger partial charge in [0.25, 0.3) is 7.51 Å². The van der Waals surface area contributed by atoms with E-state index < -0.39 is 7.51 Å². The standard InChI is InChI=1S/C12H29N4P2/c1-7-17(8-2)15-18(14-12(3,4)5)13-10-9-11-16(18)6/h13H,7-11H2,1-6H3/q+1. The van der Waals surface area contributed by atoms with E-state index in [1.807, 2.05) is 0 Å². The van der Waals surface area contributed by atoms with Crippen LogP contribution < -0.4 is 5.09 Å². The van der Waals surface area contributed by atoms with Crippen LogP contribution in [0.2, 0.25) is 0 Å². The summed E-state index contributed by atoms with van der Waals surface area (Å²) in [5.41, 5.74) is -0.0294. The highest BCUT2D eigenvalue weighted by Crippen LogP contribution is 2.57. The Balaban J connectivity index is 3.25. The SMILES string of the molecule is CC[P+](CC)=NP1(=NC(C)(C)C)NCCCN1C. The van der Waals surface area contributed by atoms with Gasteiger partial charge in [-0.15, -0.1) is 0 Å². The summed E-state index contributed by atoms with van der Waals surface area (Å²) in [6, 6.07) is 0. The van der Waals surface area contributed by atoms with Crippen LogP contribution in [0.4, 0.5) is 0 Å². The third-order valence-corrected chi connectivity index (χ3v) is 9.03. The predicted molar refractivity (Wildman–Crippen MR) is 84.8 cm³/mol. The van der Waals surface area contributed by atoms with Gasteiger partial charge >= 0.3 is 0 Å². The molecule has 4 nitrogen and oxygen atoms in total. The molecule has 0 aliphatic carbocycles. The zero-order chi connectivity index (χ0) is 13.8. The van der Waals surface area contributed by atoms with E-state index in [0.29, 0.717) is 0 Å². The molecule has 1 aliphatic rings. The quantitative estimate of drug-likeness (QED) is 0.785. The van der Waals surface area contributed by atoms with Crippen molar-refractivity contribution < 1.29 is 0 Å². The molecule has 1 N–H and O–H groups in total. The zero-order valence-electron chi connectivity index (χ0n) is 12.8. The monoisotopic (exact) mass is 291 g/mol. The Kier molecular flexibility index (Phi) is 5.99. The van der Waals surface area contributed by atoms with E-state index in [0.717, 1.165) is 13.1 Å². The lowest BCUT2D eigenvalue weighted by Gasteiger charge is -2.35. The molecule has 18 heavy (non-hydrogen) atoms.